The fourth-order valence-electron chi connectivity index (χ4n) is 2.93. The lowest BCUT2D eigenvalue weighted by Gasteiger charge is -2.17. The Labute approximate surface area is 152 Å². The third-order valence-corrected chi connectivity index (χ3v) is 4.56. The Kier molecular flexibility index (Phi) is 4.15. The summed E-state index contributed by atoms with van der Waals surface area (Å²) in [4.78, 5) is 18.4. The maximum Gasteiger partial charge on any atom is 0.280 e. The Morgan fingerprint density at radius 3 is 3.00 bits per heavy atom. The van der Waals surface area contributed by atoms with E-state index < -0.39 is 5.82 Å². The highest BCUT2D eigenvalue weighted by Gasteiger charge is 2.30. The van der Waals surface area contributed by atoms with E-state index in [0.29, 0.717) is 30.5 Å². The number of hydrogen-bond acceptors (Lipinski definition) is 6. The van der Waals surface area contributed by atoms with Gasteiger partial charge in [0.15, 0.2) is 11.5 Å². The van der Waals surface area contributed by atoms with Gasteiger partial charge >= 0.3 is 0 Å². The third kappa shape index (κ3) is 3.05. The third-order valence-electron chi connectivity index (χ3n) is 4.24. The largest absolute Gasteiger partial charge is 0.336 e. The molecule has 8 nitrogen and oxygen atoms in total. The second-order valence-electron chi connectivity index (χ2n) is 6.05. The van der Waals surface area contributed by atoms with Crippen LogP contribution in [0.1, 0.15) is 28.6 Å². The van der Waals surface area contributed by atoms with Crippen LogP contribution in [0.3, 0.4) is 0 Å². The van der Waals surface area contributed by atoms with E-state index in [1.54, 1.807) is 22.7 Å². The van der Waals surface area contributed by atoms with Crippen LogP contribution < -0.4 is 0 Å². The molecule has 0 N–H and O–H groups in total. The Hall–Kier alpha value is -2.81. The number of carbonyl (C=O) groups is 1. The van der Waals surface area contributed by atoms with Crippen molar-refractivity contribution in [2.75, 3.05) is 13.1 Å². The van der Waals surface area contributed by atoms with Gasteiger partial charge in [0.1, 0.15) is 5.82 Å². The minimum atomic E-state index is -0.475. The maximum atomic E-state index is 13.2. The molecule has 1 aromatic carbocycles. The van der Waals surface area contributed by atoms with Gasteiger partial charge in [0, 0.05) is 13.1 Å². The summed E-state index contributed by atoms with van der Waals surface area (Å²) < 4.78 is 19.9. The van der Waals surface area contributed by atoms with Gasteiger partial charge in [0.2, 0.25) is 0 Å². The molecule has 134 valence electrons. The number of rotatable bonds is 3. The number of hydrogen-bond donors (Lipinski definition) is 0. The topological polar surface area (TPSA) is 89.9 Å². The van der Waals surface area contributed by atoms with Crippen LogP contribution in [0.4, 0.5) is 4.39 Å². The molecule has 1 aliphatic rings. The summed E-state index contributed by atoms with van der Waals surface area (Å²) in [5.41, 5.74) is 0.770. The van der Waals surface area contributed by atoms with Gasteiger partial charge < -0.3 is 9.42 Å². The molecule has 26 heavy (non-hydrogen) atoms. The fourth-order valence-corrected chi connectivity index (χ4v) is 3.18. The molecule has 4 rings (SSSR count). The normalized spacial score (nSPS) is 17.0. The molecule has 1 atom stereocenters. The van der Waals surface area contributed by atoms with Crippen LogP contribution in [-0.2, 0) is 0 Å². The summed E-state index contributed by atoms with van der Waals surface area (Å²) in [6.45, 7) is 2.72. The minimum absolute atomic E-state index is 0.0246. The molecule has 1 aliphatic heterocycles. The Morgan fingerprint density at radius 2 is 2.27 bits per heavy atom. The first kappa shape index (κ1) is 16.6. The van der Waals surface area contributed by atoms with Crippen LogP contribution in [-0.4, -0.2) is 49.0 Å². The lowest BCUT2D eigenvalue weighted by Crippen LogP contribution is -2.29. The average Bonchev–Trinajstić information content (AvgIpc) is 3.34. The van der Waals surface area contributed by atoms with Crippen LogP contribution in [0, 0.1) is 12.7 Å². The van der Waals surface area contributed by atoms with E-state index in [-0.39, 0.29) is 22.5 Å². The Balaban J connectivity index is 1.48. The van der Waals surface area contributed by atoms with Gasteiger partial charge in [-0.3, -0.25) is 4.79 Å². The summed E-state index contributed by atoms with van der Waals surface area (Å²) in [6, 6.07) is 3.74. The number of benzene rings is 1. The number of aryl methyl sites for hydroxylation is 1. The van der Waals surface area contributed by atoms with E-state index in [0.717, 1.165) is 12.5 Å². The Bertz CT molecular complexity index is 971. The summed E-state index contributed by atoms with van der Waals surface area (Å²) in [5.74, 6) is 0.115. The van der Waals surface area contributed by atoms with Crippen molar-refractivity contribution in [3.8, 4) is 11.6 Å². The number of carbonyl (C=O) groups excluding carboxylic acids is 1. The van der Waals surface area contributed by atoms with Crippen molar-refractivity contribution in [1.29, 1.82) is 0 Å². The first-order valence-corrected chi connectivity index (χ1v) is 8.36. The van der Waals surface area contributed by atoms with Crippen LogP contribution >= 0.6 is 11.6 Å². The standard InChI is InChI=1S/C16H14ClFN6O2/c1-9-19-15(26-21-9)14-8-24(22-20-14)11-4-5-23(7-11)16(25)12-3-2-10(18)6-13(12)17/h2-3,6,8,11H,4-5,7H2,1H3. The van der Waals surface area contributed by atoms with E-state index in [2.05, 4.69) is 20.5 Å². The smallest absolute Gasteiger partial charge is 0.280 e. The number of likely N-dealkylation sites (tertiary alicyclic amines) is 1. The molecule has 1 unspecified atom stereocenters. The molecule has 3 heterocycles. The molecular formula is C16H14ClFN6O2. The zero-order valence-electron chi connectivity index (χ0n) is 13.8. The molecule has 3 aromatic rings. The molecule has 2 aromatic heterocycles. The first-order valence-electron chi connectivity index (χ1n) is 7.98. The van der Waals surface area contributed by atoms with Crippen molar-refractivity contribution in [2.24, 2.45) is 0 Å². The second-order valence-corrected chi connectivity index (χ2v) is 6.46. The van der Waals surface area contributed by atoms with E-state index in [9.17, 15) is 9.18 Å². The molecule has 0 spiro atoms. The fraction of sp³-hybridized carbons (Fsp3) is 0.312. The molecule has 1 fully saturated rings. The van der Waals surface area contributed by atoms with Crippen LogP contribution in [0.15, 0.2) is 28.9 Å². The maximum absolute atomic E-state index is 13.2. The average molecular weight is 377 g/mol. The number of aromatic nitrogens is 5. The van der Waals surface area contributed by atoms with Gasteiger partial charge in [0.05, 0.1) is 22.8 Å². The van der Waals surface area contributed by atoms with Gasteiger partial charge in [-0.15, -0.1) is 5.10 Å². The van der Waals surface area contributed by atoms with Crippen molar-refractivity contribution < 1.29 is 13.7 Å². The van der Waals surface area contributed by atoms with Gasteiger partial charge in [-0.05, 0) is 31.5 Å². The minimum Gasteiger partial charge on any atom is -0.336 e. The van der Waals surface area contributed by atoms with E-state index in [1.807, 2.05) is 0 Å². The zero-order valence-corrected chi connectivity index (χ0v) is 14.5. The summed E-state index contributed by atoms with van der Waals surface area (Å²) in [6.07, 6.45) is 2.44. The number of halogens is 2. The quantitative estimate of drug-likeness (QED) is 0.697. The molecule has 1 saturated heterocycles. The summed E-state index contributed by atoms with van der Waals surface area (Å²) >= 11 is 5.99. The molecule has 0 radical (unpaired) electrons. The number of amides is 1. The molecule has 0 aliphatic carbocycles. The van der Waals surface area contributed by atoms with Crippen molar-refractivity contribution in [1.82, 2.24) is 30.0 Å². The predicted molar refractivity (Wildman–Crippen MR) is 89.0 cm³/mol. The Morgan fingerprint density at radius 1 is 1.42 bits per heavy atom. The second kappa shape index (κ2) is 6.49. The molecule has 0 bridgehead atoms. The summed E-state index contributed by atoms with van der Waals surface area (Å²) in [7, 11) is 0. The SMILES string of the molecule is Cc1noc(-c2cn(C3CCN(C(=O)c4ccc(F)cc4Cl)C3)nn2)n1. The highest BCUT2D eigenvalue weighted by Crippen LogP contribution is 2.26. The summed E-state index contributed by atoms with van der Waals surface area (Å²) in [5, 5.41) is 12.0. The van der Waals surface area contributed by atoms with Crippen LogP contribution in [0.5, 0.6) is 0 Å². The highest BCUT2D eigenvalue weighted by molar-refractivity contribution is 6.33. The van der Waals surface area contributed by atoms with Gasteiger partial charge in [0.25, 0.3) is 11.8 Å². The van der Waals surface area contributed by atoms with Crippen LogP contribution in [0.25, 0.3) is 11.6 Å². The predicted octanol–water partition coefficient (Wildman–Crippen LogP) is 2.52. The molecule has 10 heteroatoms. The zero-order chi connectivity index (χ0) is 18.3. The first-order chi connectivity index (χ1) is 12.5. The van der Waals surface area contributed by atoms with E-state index in [1.165, 1.54) is 12.1 Å². The van der Waals surface area contributed by atoms with Crippen LogP contribution in [0.2, 0.25) is 5.02 Å². The van der Waals surface area contributed by atoms with Crippen molar-refractivity contribution in [3.63, 3.8) is 0 Å². The molecule has 1 amide bonds. The lowest BCUT2D eigenvalue weighted by atomic mass is 10.2. The van der Waals surface area contributed by atoms with Gasteiger partial charge in [-0.1, -0.05) is 22.0 Å². The van der Waals surface area contributed by atoms with E-state index in [4.69, 9.17) is 16.1 Å². The van der Waals surface area contributed by atoms with Crippen molar-refractivity contribution in [2.45, 2.75) is 19.4 Å². The van der Waals surface area contributed by atoms with Gasteiger partial charge in [-0.25, -0.2) is 9.07 Å². The van der Waals surface area contributed by atoms with Gasteiger partial charge in [-0.2, -0.15) is 4.98 Å². The monoisotopic (exact) mass is 376 g/mol. The number of nitrogens with zero attached hydrogens (tertiary/aromatic N) is 6. The lowest BCUT2D eigenvalue weighted by molar-refractivity contribution is 0.0787. The molecule has 0 saturated carbocycles. The van der Waals surface area contributed by atoms with Crippen molar-refractivity contribution in [3.05, 3.63) is 46.6 Å². The van der Waals surface area contributed by atoms with Crippen molar-refractivity contribution >= 4 is 17.5 Å². The van der Waals surface area contributed by atoms with E-state index >= 15 is 0 Å². The highest BCUT2D eigenvalue weighted by atomic mass is 35.5. The molecular weight excluding hydrogens is 363 g/mol.